The van der Waals surface area contributed by atoms with Crippen molar-refractivity contribution < 1.29 is 19.1 Å². The predicted octanol–water partition coefficient (Wildman–Crippen LogP) is 3.25. The Hall–Kier alpha value is -2.76. The number of carbonyl (C=O) groups is 2. The molecule has 1 fully saturated rings. The Morgan fingerprint density at radius 3 is 2.82 bits per heavy atom. The molecule has 4 rings (SSSR count). The third-order valence-corrected chi connectivity index (χ3v) is 6.02. The summed E-state index contributed by atoms with van der Waals surface area (Å²) in [6.07, 6.45) is 4.25. The number of aromatic nitrogens is 1. The number of aromatic amines is 1. The van der Waals surface area contributed by atoms with Crippen LogP contribution in [0.2, 0.25) is 0 Å². The molecule has 0 bridgehead atoms. The van der Waals surface area contributed by atoms with E-state index in [0.29, 0.717) is 25.4 Å². The van der Waals surface area contributed by atoms with Gasteiger partial charge in [-0.15, -0.1) is 0 Å². The molecule has 0 spiro atoms. The largest absolute Gasteiger partial charge is 0.496 e. The highest BCUT2D eigenvalue weighted by atomic mass is 16.5. The Morgan fingerprint density at radius 2 is 2.07 bits per heavy atom. The lowest BCUT2D eigenvalue weighted by atomic mass is 9.72. The van der Waals surface area contributed by atoms with Gasteiger partial charge >= 0.3 is 5.97 Å². The second-order valence-electron chi connectivity index (χ2n) is 7.66. The average Bonchev–Trinajstić information content (AvgIpc) is 3.31. The van der Waals surface area contributed by atoms with Crippen molar-refractivity contribution in [2.45, 2.75) is 13.8 Å². The maximum absolute atomic E-state index is 13.2. The number of likely N-dealkylation sites (tertiary alicyclic amines) is 1. The van der Waals surface area contributed by atoms with Crippen molar-refractivity contribution in [1.82, 2.24) is 9.88 Å². The fraction of sp³-hybridized carbons (Fsp3) is 0.455. The summed E-state index contributed by atoms with van der Waals surface area (Å²) in [5, 5.41) is 0.892. The molecule has 6 nitrogen and oxygen atoms in total. The van der Waals surface area contributed by atoms with Gasteiger partial charge in [-0.1, -0.05) is 25.1 Å². The van der Waals surface area contributed by atoms with Crippen LogP contribution in [0.25, 0.3) is 10.9 Å². The van der Waals surface area contributed by atoms with E-state index < -0.39 is 0 Å². The molecular formula is C22H26N2O4. The molecule has 1 aromatic heterocycles. The maximum atomic E-state index is 13.2. The summed E-state index contributed by atoms with van der Waals surface area (Å²) in [5.41, 5.74) is 1.42. The predicted molar refractivity (Wildman–Crippen MR) is 106 cm³/mol. The molecule has 1 aliphatic heterocycles. The van der Waals surface area contributed by atoms with E-state index in [-0.39, 0.29) is 35.5 Å². The fourth-order valence-electron chi connectivity index (χ4n) is 4.65. The van der Waals surface area contributed by atoms with Gasteiger partial charge in [0.25, 0.3) is 5.91 Å². The van der Waals surface area contributed by atoms with Crippen LogP contribution in [-0.4, -0.2) is 48.6 Å². The van der Waals surface area contributed by atoms with Gasteiger partial charge in [-0.25, -0.2) is 0 Å². The summed E-state index contributed by atoms with van der Waals surface area (Å²) < 4.78 is 10.7. The van der Waals surface area contributed by atoms with Crippen LogP contribution in [-0.2, 0) is 9.53 Å². The summed E-state index contributed by atoms with van der Waals surface area (Å²) >= 11 is 0. The Morgan fingerprint density at radius 1 is 1.25 bits per heavy atom. The molecule has 2 heterocycles. The highest BCUT2D eigenvalue weighted by Crippen LogP contribution is 2.40. The number of esters is 1. The van der Waals surface area contributed by atoms with Crippen molar-refractivity contribution in [2.75, 3.05) is 26.8 Å². The zero-order valence-electron chi connectivity index (χ0n) is 16.5. The van der Waals surface area contributed by atoms with E-state index in [1.807, 2.05) is 43.0 Å². The second kappa shape index (κ2) is 7.34. The number of allylic oxidation sites excluding steroid dienone is 1. The number of nitrogens with zero attached hydrogens (tertiary/aromatic N) is 1. The van der Waals surface area contributed by atoms with Gasteiger partial charge in [-0.05, 0) is 42.9 Å². The third-order valence-electron chi connectivity index (χ3n) is 6.02. The van der Waals surface area contributed by atoms with Gasteiger partial charge in [-0.3, -0.25) is 9.59 Å². The minimum atomic E-state index is -0.199. The van der Waals surface area contributed by atoms with Crippen LogP contribution in [0.15, 0.2) is 36.4 Å². The van der Waals surface area contributed by atoms with Gasteiger partial charge in [0.15, 0.2) is 0 Å². The lowest BCUT2D eigenvalue weighted by Gasteiger charge is -2.31. The highest BCUT2D eigenvalue weighted by molar-refractivity contribution is 5.99. The topological polar surface area (TPSA) is 71.6 Å². The zero-order valence-corrected chi connectivity index (χ0v) is 16.5. The van der Waals surface area contributed by atoms with Crippen molar-refractivity contribution in [3.63, 3.8) is 0 Å². The normalized spacial score (nSPS) is 26.3. The van der Waals surface area contributed by atoms with Crippen molar-refractivity contribution >= 4 is 22.8 Å². The maximum Gasteiger partial charge on any atom is 0.309 e. The van der Waals surface area contributed by atoms with Crippen molar-refractivity contribution in [1.29, 1.82) is 0 Å². The van der Waals surface area contributed by atoms with Crippen molar-refractivity contribution in [3.05, 3.63) is 42.1 Å². The Balaban J connectivity index is 1.57. The van der Waals surface area contributed by atoms with Crippen molar-refractivity contribution in [3.8, 4) is 5.75 Å². The van der Waals surface area contributed by atoms with Crippen LogP contribution in [0.1, 0.15) is 24.3 Å². The number of methoxy groups -OCH3 is 1. The lowest BCUT2D eigenvalue weighted by Crippen LogP contribution is -2.37. The molecule has 4 atom stereocenters. The first-order valence-electron chi connectivity index (χ1n) is 9.83. The first-order valence-corrected chi connectivity index (χ1v) is 9.83. The van der Waals surface area contributed by atoms with Gasteiger partial charge in [0.1, 0.15) is 11.4 Å². The molecule has 0 radical (unpaired) electrons. The highest BCUT2D eigenvalue weighted by Gasteiger charge is 2.46. The number of hydrogen-bond donors (Lipinski definition) is 1. The van der Waals surface area contributed by atoms with Crippen LogP contribution in [0.4, 0.5) is 0 Å². The Kier molecular flexibility index (Phi) is 4.87. The summed E-state index contributed by atoms with van der Waals surface area (Å²) in [6, 6.07) is 7.55. The van der Waals surface area contributed by atoms with Crippen LogP contribution in [0.5, 0.6) is 5.75 Å². The summed E-state index contributed by atoms with van der Waals surface area (Å²) in [5.74, 6) is 0.746. The zero-order chi connectivity index (χ0) is 19.8. The number of benzene rings is 1. The van der Waals surface area contributed by atoms with Crippen LogP contribution >= 0.6 is 0 Å². The quantitative estimate of drug-likeness (QED) is 0.651. The van der Waals surface area contributed by atoms with Crippen LogP contribution in [0, 0.1) is 23.7 Å². The molecule has 0 unspecified atom stereocenters. The number of fused-ring (bicyclic) bond motifs is 2. The average molecular weight is 382 g/mol. The molecule has 28 heavy (non-hydrogen) atoms. The fourth-order valence-corrected chi connectivity index (χ4v) is 4.65. The summed E-state index contributed by atoms with van der Waals surface area (Å²) in [4.78, 5) is 30.7. The minimum Gasteiger partial charge on any atom is -0.496 e. The van der Waals surface area contributed by atoms with Gasteiger partial charge < -0.3 is 19.4 Å². The number of hydrogen-bond acceptors (Lipinski definition) is 4. The second-order valence-corrected chi connectivity index (χ2v) is 7.66. The molecule has 1 aromatic carbocycles. The molecule has 0 saturated carbocycles. The molecule has 1 amide bonds. The van der Waals surface area contributed by atoms with E-state index in [0.717, 1.165) is 16.7 Å². The number of carbonyl (C=O) groups excluding carboxylic acids is 2. The minimum absolute atomic E-state index is 0.0451. The molecule has 1 aliphatic carbocycles. The number of rotatable bonds is 4. The number of ether oxygens (including phenoxy) is 2. The molecular weight excluding hydrogens is 356 g/mol. The SMILES string of the molecule is CCOC(=O)[C@@H]1[C@H]2CN(C(=O)c3cc4c(OC)cccc4[nH]3)C[C@@H]2C=C[C@@H]1C. The van der Waals surface area contributed by atoms with E-state index in [2.05, 4.69) is 17.1 Å². The van der Waals surface area contributed by atoms with Crippen molar-refractivity contribution in [2.24, 2.45) is 23.7 Å². The summed E-state index contributed by atoms with van der Waals surface area (Å²) in [7, 11) is 1.62. The molecule has 2 aromatic rings. The monoisotopic (exact) mass is 382 g/mol. The molecule has 6 heteroatoms. The summed E-state index contributed by atoms with van der Waals surface area (Å²) in [6.45, 7) is 5.43. The van der Waals surface area contributed by atoms with E-state index in [1.165, 1.54) is 0 Å². The van der Waals surface area contributed by atoms with Gasteiger partial charge in [0.2, 0.25) is 0 Å². The Bertz CT molecular complexity index is 932. The van der Waals surface area contributed by atoms with E-state index in [4.69, 9.17) is 9.47 Å². The number of nitrogens with one attached hydrogen (secondary N) is 1. The van der Waals surface area contributed by atoms with E-state index >= 15 is 0 Å². The Labute approximate surface area is 164 Å². The molecule has 2 aliphatic rings. The van der Waals surface area contributed by atoms with Crippen LogP contribution in [0.3, 0.4) is 0 Å². The number of amides is 1. The lowest BCUT2D eigenvalue weighted by molar-refractivity contribution is -0.152. The van der Waals surface area contributed by atoms with Gasteiger partial charge in [0, 0.05) is 24.0 Å². The molecule has 1 N–H and O–H groups in total. The van der Waals surface area contributed by atoms with Crippen LogP contribution < -0.4 is 4.74 Å². The van der Waals surface area contributed by atoms with E-state index in [9.17, 15) is 9.59 Å². The number of H-pyrrole nitrogens is 1. The first kappa shape index (κ1) is 18.6. The molecule has 148 valence electrons. The third kappa shape index (κ3) is 3.07. The smallest absolute Gasteiger partial charge is 0.309 e. The van der Waals surface area contributed by atoms with Gasteiger partial charge in [0.05, 0.1) is 19.6 Å². The van der Waals surface area contributed by atoms with Gasteiger partial charge in [-0.2, -0.15) is 0 Å². The standard InChI is InChI=1S/C22H26N2O4/c1-4-28-22(26)20-13(2)8-9-14-11-24(12-16(14)20)21(25)18-10-15-17(23-18)6-5-7-19(15)27-3/h5-10,13-14,16,20,23H,4,11-12H2,1-3H3/t13-,14-,16-,20-/m0/s1. The van der Waals surface area contributed by atoms with E-state index in [1.54, 1.807) is 7.11 Å². The first-order chi connectivity index (χ1) is 13.5. The molecule has 1 saturated heterocycles.